The molecule has 0 aliphatic heterocycles. The molecule has 0 atom stereocenters. The monoisotopic (exact) mass is 255 g/mol. The molecule has 0 spiro atoms. The lowest BCUT2D eigenvalue weighted by Gasteiger charge is -2.18. The van der Waals surface area contributed by atoms with Crippen molar-refractivity contribution >= 4 is 11.9 Å². The van der Waals surface area contributed by atoms with Crippen molar-refractivity contribution in [1.29, 1.82) is 0 Å². The number of carbonyl (C=O) groups is 2. The molecule has 1 aromatic rings. The number of phenolic OH excluding ortho intramolecular Hbond substituents is 1. The smallest absolute Gasteiger partial charge is 0.414 e. The van der Waals surface area contributed by atoms with Gasteiger partial charge in [-0.1, -0.05) is 12.1 Å². The molecule has 0 amide bonds. The van der Waals surface area contributed by atoms with Gasteiger partial charge in [-0.3, -0.25) is 0 Å². The summed E-state index contributed by atoms with van der Waals surface area (Å²) in [6.45, 7) is 3.97. The van der Waals surface area contributed by atoms with Gasteiger partial charge in [0, 0.05) is 5.54 Å². The fourth-order valence-electron chi connectivity index (χ4n) is 1.14. The number of hydrogen-bond donors (Lipinski definition) is 4. The molecule has 0 saturated carbocycles. The van der Waals surface area contributed by atoms with Gasteiger partial charge >= 0.3 is 11.9 Å². The normalized spacial score (nSPS) is 10.2. The van der Waals surface area contributed by atoms with Gasteiger partial charge in [-0.15, -0.1) is 0 Å². The first-order chi connectivity index (χ1) is 8.11. The predicted molar refractivity (Wildman–Crippen MR) is 65.3 cm³/mol. The second-order valence-corrected chi connectivity index (χ2v) is 4.44. The van der Waals surface area contributed by atoms with Crippen molar-refractivity contribution in [1.82, 2.24) is 0 Å². The summed E-state index contributed by atoms with van der Waals surface area (Å²) in [5, 5.41) is 23.8. The zero-order chi connectivity index (χ0) is 14.3. The number of nitrogens with two attached hydrogens (primary N) is 1. The first-order valence-corrected chi connectivity index (χ1v) is 5.15. The molecule has 0 saturated heterocycles. The highest BCUT2D eigenvalue weighted by molar-refractivity contribution is 6.27. The van der Waals surface area contributed by atoms with Gasteiger partial charge in [-0.2, -0.15) is 0 Å². The van der Waals surface area contributed by atoms with Gasteiger partial charge in [-0.25, -0.2) is 9.59 Å². The molecular weight excluding hydrogens is 238 g/mol. The minimum atomic E-state index is -1.82. The van der Waals surface area contributed by atoms with E-state index in [1.165, 1.54) is 0 Å². The molecule has 6 heteroatoms. The van der Waals surface area contributed by atoms with Gasteiger partial charge in [-0.05, 0) is 38.0 Å². The number of hydrogen-bond acceptors (Lipinski definition) is 4. The second kappa shape index (κ2) is 6.61. The van der Waals surface area contributed by atoms with E-state index in [1.807, 2.05) is 26.0 Å². The maximum absolute atomic E-state index is 9.10. The van der Waals surface area contributed by atoms with E-state index in [1.54, 1.807) is 12.1 Å². The van der Waals surface area contributed by atoms with Crippen LogP contribution in [0, 0.1) is 0 Å². The topological polar surface area (TPSA) is 121 Å². The van der Waals surface area contributed by atoms with Crippen molar-refractivity contribution in [3.05, 3.63) is 29.8 Å². The number of aliphatic carboxylic acids is 2. The Labute approximate surface area is 105 Å². The van der Waals surface area contributed by atoms with Crippen molar-refractivity contribution < 1.29 is 24.9 Å². The SMILES string of the molecule is CC(C)(N)Cc1ccc(O)cc1.O=C(O)C(=O)O. The third-order valence-corrected chi connectivity index (χ3v) is 1.78. The number of carboxylic acid groups (broad SMARTS) is 2. The Kier molecular flexibility index (Phi) is 5.84. The zero-order valence-corrected chi connectivity index (χ0v) is 10.3. The van der Waals surface area contributed by atoms with Gasteiger partial charge in [0.2, 0.25) is 0 Å². The highest BCUT2D eigenvalue weighted by Gasteiger charge is 2.10. The third-order valence-electron chi connectivity index (χ3n) is 1.78. The number of carboxylic acids is 2. The summed E-state index contributed by atoms with van der Waals surface area (Å²) in [5.41, 5.74) is 6.81. The minimum Gasteiger partial charge on any atom is -0.508 e. The Morgan fingerprint density at radius 1 is 1.11 bits per heavy atom. The Morgan fingerprint density at radius 3 is 1.78 bits per heavy atom. The predicted octanol–water partition coefficient (Wildman–Crippen LogP) is 0.828. The van der Waals surface area contributed by atoms with E-state index in [0.29, 0.717) is 5.75 Å². The van der Waals surface area contributed by atoms with Gasteiger partial charge in [0.1, 0.15) is 5.75 Å². The quantitative estimate of drug-likeness (QED) is 0.581. The van der Waals surface area contributed by atoms with Crippen molar-refractivity contribution in [3.8, 4) is 5.75 Å². The lowest BCUT2D eigenvalue weighted by molar-refractivity contribution is -0.159. The molecule has 0 aliphatic rings. The van der Waals surface area contributed by atoms with E-state index in [2.05, 4.69) is 0 Å². The number of phenols is 1. The van der Waals surface area contributed by atoms with Crippen LogP contribution < -0.4 is 5.73 Å². The van der Waals surface area contributed by atoms with Crippen LogP contribution in [-0.2, 0) is 16.0 Å². The molecule has 100 valence electrons. The van der Waals surface area contributed by atoms with Crippen molar-refractivity contribution in [2.24, 2.45) is 5.73 Å². The Balaban J connectivity index is 0.000000411. The van der Waals surface area contributed by atoms with E-state index >= 15 is 0 Å². The number of benzene rings is 1. The highest BCUT2D eigenvalue weighted by Crippen LogP contribution is 2.13. The van der Waals surface area contributed by atoms with Crippen LogP contribution in [0.4, 0.5) is 0 Å². The molecule has 0 aromatic heterocycles. The van der Waals surface area contributed by atoms with Gasteiger partial charge in [0.15, 0.2) is 0 Å². The van der Waals surface area contributed by atoms with Crippen molar-refractivity contribution in [3.63, 3.8) is 0 Å². The van der Waals surface area contributed by atoms with Gasteiger partial charge in [0.05, 0.1) is 0 Å². The first-order valence-electron chi connectivity index (χ1n) is 5.15. The fraction of sp³-hybridized carbons (Fsp3) is 0.333. The van der Waals surface area contributed by atoms with Crippen LogP contribution in [0.3, 0.4) is 0 Å². The molecule has 5 N–H and O–H groups in total. The van der Waals surface area contributed by atoms with Crippen LogP contribution in [-0.4, -0.2) is 32.8 Å². The second-order valence-electron chi connectivity index (χ2n) is 4.44. The highest BCUT2D eigenvalue weighted by atomic mass is 16.4. The molecule has 18 heavy (non-hydrogen) atoms. The standard InChI is InChI=1S/C10H15NO.C2H2O4/c1-10(2,11)7-8-3-5-9(12)6-4-8;3-1(4)2(5)6/h3-6,12H,7,11H2,1-2H3;(H,3,4)(H,5,6). The van der Waals surface area contributed by atoms with Gasteiger partial charge in [0.25, 0.3) is 0 Å². The zero-order valence-electron chi connectivity index (χ0n) is 10.3. The Hall–Kier alpha value is -2.08. The number of rotatable bonds is 2. The third kappa shape index (κ3) is 8.12. The van der Waals surface area contributed by atoms with Crippen LogP contribution >= 0.6 is 0 Å². The van der Waals surface area contributed by atoms with E-state index in [9.17, 15) is 0 Å². The van der Waals surface area contributed by atoms with E-state index < -0.39 is 11.9 Å². The molecule has 0 unspecified atom stereocenters. The molecule has 0 bridgehead atoms. The minimum absolute atomic E-state index is 0.184. The average molecular weight is 255 g/mol. The largest absolute Gasteiger partial charge is 0.508 e. The molecule has 0 radical (unpaired) electrons. The van der Waals surface area contributed by atoms with Gasteiger partial charge < -0.3 is 21.1 Å². The summed E-state index contributed by atoms with van der Waals surface area (Å²) >= 11 is 0. The summed E-state index contributed by atoms with van der Waals surface area (Å²) < 4.78 is 0. The lowest BCUT2D eigenvalue weighted by Crippen LogP contribution is -2.34. The van der Waals surface area contributed by atoms with E-state index in [0.717, 1.165) is 12.0 Å². The Morgan fingerprint density at radius 2 is 1.50 bits per heavy atom. The molecule has 6 nitrogen and oxygen atoms in total. The lowest BCUT2D eigenvalue weighted by atomic mass is 9.96. The van der Waals surface area contributed by atoms with Crippen LogP contribution in [0.15, 0.2) is 24.3 Å². The van der Waals surface area contributed by atoms with Crippen LogP contribution in [0.1, 0.15) is 19.4 Å². The summed E-state index contributed by atoms with van der Waals surface area (Å²) in [6, 6.07) is 7.15. The van der Waals surface area contributed by atoms with Crippen molar-refractivity contribution in [2.45, 2.75) is 25.8 Å². The van der Waals surface area contributed by atoms with E-state index in [4.69, 9.17) is 30.6 Å². The maximum Gasteiger partial charge on any atom is 0.414 e. The van der Waals surface area contributed by atoms with Crippen LogP contribution in [0.5, 0.6) is 5.75 Å². The average Bonchev–Trinajstić information content (AvgIpc) is 2.20. The summed E-state index contributed by atoms with van der Waals surface area (Å²) in [5.74, 6) is -3.35. The molecule has 0 fully saturated rings. The summed E-state index contributed by atoms with van der Waals surface area (Å²) in [7, 11) is 0. The summed E-state index contributed by atoms with van der Waals surface area (Å²) in [6.07, 6.45) is 0.827. The first kappa shape index (κ1) is 15.9. The number of aromatic hydroxyl groups is 1. The fourth-order valence-corrected chi connectivity index (χ4v) is 1.14. The maximum atomic E-state index is 9.10. The molecule has 0 heterocycles. The molecule has 0 aliphatic carbocycles. The molecule has 1 rings (SSSR count). The molecule has 1 aromatic carbocycles. The van der Waals surface area contributed by atoms with Crippen LogP contribution in [0.25, 0.3) is 0 Å². The van der Waals surface area contributed by atoms with Crippen LogP contribution in [0.2, 0.25) is 0 Å². The summed E-state index contributed by atoms with van der Waals surface area (Å²) in [4.78, 5) is 18.2. The Bertz CT molecular complexity index is 393. The van der Waals surface area contributed by atoms with Crippen molar-refractivity contribution in [2.75, 3.05) is 0 Å². The molecular formula is C12H17NO5. The van der Waals surface area contributed by atoms with E-state index in [-0.39, 0.29) is 5.54 Å².